The fraction of sp³-hybridized carbons (Fsp3) is 0.600. The summed E-state index contributed by atoms with van der Waals surface area (Å²) in [5.41, 5.74) is 2.74. The summed E-state index contributed by atoms with van der Waals surface area (Å²) in [4.78, 5) is 12.5. The number of carbonyl (C=O) groups excluding carboxylic acids is 1. The molecular weight excluding hydrogens is 298 g/mol. The van der Waals surface area contributed by atoms with Crippen LogP contribution in [0.4, 0.5) is 0 Å². The fourth-order valence-corrected chi connectivity index (χ4v) is 3.41. The smallest absolute Gasteiger partial charge is 0.210 e. The molecule has 0 saturated heterocycles. The highest BCUT2D eigenvalue weighted by Crippen LogP contribution is 2.23. The number of aryl methyl sites for hydroxylation is 1. The molecule has 6 nitrogen and oxygen atoms in total. The maximum atomic E-state index is 12.5. The van der Waals surface area contributed by atoms with Crippen LogP contribution in [0.2, 0.25) is 0 Å². The summed E-state index contributed by atoms with van der Waals surface area (Å²) in [6, 6.07) is 1.97. The van der Waals surface area contributed by atoms with Crippen molar-refractivity contribution in [2.24, 2.45) is 0 Å². The number of carbonyl (C=O) groups is 1. The van der Waals surface area contributed by atoms with Gasteiger partial charge in [-0.2, -0.15) is 0 Å². The number of Topliss-reactive ketones (excluding diaryl/α,β-unsaturated/α-hetero) is 1. The van der Waals surface area contributed by atoms with E-state index in [1.54, 1.807) is 4.68 Å². The number of nitrogens with zero attached hydrogens (tertiary/aromatic N) is 5. The molecule has 0 atom stereocenters. The largest absolute Gasteiger partial charge is 0.349 e. The predicted molar refractivity (Wildman–Crippen MR) is 87.4 cm³/mol. The Morgan fingerprint density at radius 2 is 2.00 bits per heavy atom. The van der Waals surface area contributed by atoms with Crippen LogP contribution in [0.3, 0.4) is 0 Å². The van der Waals surface area contributed by atoms with Crippen molar-refractivity contribution in [3.8, 4) is 0 Å². The molecule has 0 aliphatic rings. The Morgan fingerprint density at radius 1 is 1.32 bits per heavy atom. The highest BCUT2D eigenvalue weighted by atomic mass is 32.2. The van der Waals surface area contributed by atoms with Crippen molar-refractivity contribution in [2.45, 2.75) is 58.8 Å². The van der Waals surface area contributed by atoms with E-state index in [0.717, 1.165) is 23.5 Å². The first-order valence-electron chi connectivity index (χ1n) is 7.37. The van der Waals surface area contributed by atoms with Gasteiger partial charge in [-0.05, 0) is 58.0 Å². The molecule has 2 rings (SSSR count). The number of tetrazole rings is 1. The summed E-state index contributed by atoms with van der Waals surface area (Å²) < 4.78 is 3.90. The van der Waals surface area contributed by atoms with Crippen LogP contribution in [0.5, 0.6) is 0 Å². The average molecular weight is 321 g/mol. The lowest BCUT2D eigenvalue weighted by atomic mass is 10.1. The Kier molecular flexibility index (Phi) is 4.75. The van der Waals surface area contributed by atoms with Gasteiger partial charge in [0.25, 0.3) is 0 Å². The first-order chi connectivity index (χ1) is 10.3. The minimum Gasteiger partial charge on any atom is -0.349 e. The van der Waals surface area contributed by atoms with Crippen molar-refractivity contribution in [3.05, 3.63) is 23.0 Å². The topological polar surface area (TPSA) is 65.6 Å². The molecule has 7 heteroatoms. The molecule has 0 N–H and O–H groups in total. The van der Waals surface area contributed by atoms with Gasteiger partial charge >= 0.3 is 0 Å². The van der Waals surface area contributed by atoms with Crippen LogP contribution < -0.4 is 0 Å². The number of thioether (sulfide) groups is 1. The minimum absolute atomic E-state index is 0.112. The molecule has 120 valence electrons. The van der Waals surface area contributed by atoms with Crippen LogP contribution in [-0.2, 0) is 12.1 Å². The number of ketones is 1. The first-order valence-corrected chi connectivity index (χ1v) is 8.35. The van der Waals surface area contributed by atoms with Crippen LogP contribution in [0, 0.1) is 13.8 Å². The van der Waals surface area contributed by atoms with Crippen molar-refractivity contribution in [3.63, 3.8) is 0 Å². The van der Waals surface area contributed by atoms with Gasteiger partial charge < -0.3 is 4.57 Å². The first kappa shape index (κ1) is 16.7. The Balaban J connectivity index is 2.13. The summed E-state index contributed by atoms with van der Waals surface area (Å²) in [7, 11) is 0. The van der Waals surface area contributed by atoms with Crippen molar-refractivity contribution in [2.75, 3.05) is 5.75 Å². The maximum absolute atomic E-state index is 12.5. The highest BCUT2D eigenvalue weighted by molar-refractivity contribution is 7.99. The molecule has 0 aromatic carbocycles. The zero-order chi connectivity index (χ0) is 16.5. The molecular formula is C15H23N5OS. The standard InChI is InChI=1S/C15H23N5OS/c1-7-19-10(2)8-12(11(19)3)13(21)9-22-14-16-17-18-20(14)15(4,5)6/h8H,7,9H2,1-6H3. The van der Waals surface area contributed by atoms with Crippen molar-refractivity contribution >= 4 is 17.5 Å². The van der Waals surface area contributed by atoms with E-state index in [1.807, 2.05) is 40.7 Å². The lowest BCUT2D eigenvalue weighted by Crippen LogP contribution is -2.24. The second kappa shape index (κ2) is 6.24. The third-order valence-electron chi connectivity index (χ3n) is 3.60. The summed E-state index contributed by atoms with van der Waals surface area (Å²) >= 11 is 1.38. The Morgan fingerprint density at radius 3 is 2.55 bits per heavy atom. The molecule has 0 saturated carbocycles. The zero-order valence-corrected chi connectivity index (χ0v) is 14.9. The molecule has 0 aliphatic carbocycles. The van der Waals surface area contributed by atoms with E-state index in [-0.39, 0.29) is 11.3 Å². The van der Waals surface area contributed by atoms with Gasteiger partial charge in [0.15, 0.2) is 5.78 Å². The van der Waals surface area contributed by atoms with Crippen LogP contribution >= 0.6 is 11.8 Å². The summed E-state index contributed by atoms with van der Waals surface area (Å²) in [5, 5.41) is 12.4. The molecule has 22 heavy (non-hydrogen) atoms. The molecule has 2 heterocycles. The van der Waals surface area contributed by atoms with E-state index in [4.69, 9.17) is 0 Å². The molecule has 0 radical (unpaired) electrons. The monoisotopic (exact) mass is 321 g/mol. The van der Waals surface area contributed by atoms with Gasteiger partial charge in [-0.1, -0.05) is 11.8 Å². The Hall–Kier alpha value is -1.63. The molecule has 2 aromatic rings. The molecule has 0 spiro atoms. The summed E-state index contributed by atoms with van der Waals surface area (Å²) in [6.45, 7) is 13.1. The van der Waals surface area contributed by atoms with Gasteiger partial charge in [0.05, 0.1) is 11.3 Å². The molecule has 0 amide bonds. The zero-order valence-electron chi connectivity index (χ0n) is 14.0. The van der Waals surface area contributed by atoms with Crippen molar-refractivity contribution in [1.29, 1.82) is 0 Å². The van der Waals surface area contributed by atoms with E-state index in [2.05, 4.69) is 27.0 Å². The number of rotatable bonds is 5. The van der Waals surface area contributed by atoms with Crippen molar-refractivity contribution in [1.82, 2.24) is 24.8 Å². The van der Waals surface area contributed by atoms with E-state index in [9.17, 15) is 4.79 Å². The molecule has 2 aromatic heterocycles. The van der Waals surface area contributed by atoms with Crippen LogP contribution in [-0.4, -0.2) is 36.3 Å². The quantitative estimate of drug-likeness (QED) is 0.626. The lowest BCUT2D eigenvalue weighted by molar-refractivity contribution is 0.102. The minimum atomic E-state index is -0.201. The molecule has 0 aliphatic heterocycles. The van der Waals surface area contributed by atoms with Gasteiger partial charge in [-0.25, -0.2) is 4.68 Å². The van der Waals surface area contributed by atoms with E-state index in [1.165, 1.54) is 11.8 Å². The number of hydrogen-bond acceptors (Lipinski definition) is 5. The van der Waals surface area contributed by atoms with Gasteiger partial charge in [-0.3, -0.25) is 4.79 Å². The van der Waals surface area contributed by atoms with Crippen LogP contribution in [0.15, 0.2) is 11.2 Å². The molecule has 0 bridgehead atoms. The third kappa shape index (κ3) is 3.24. The average Bonchev–Trinajstić information content (AvgIpc) is 3.00. The normalized spacial score (nSPS) is 11.9. The Labute approximate surface area is 135 Å². The lowest BCUT2D eigenvalue weighted by Gasteiger charge is -2.19. The summed E-state index contributed by atoms with van der Waals surface area (Å²) in [6.07, 6.45) is 0. The molecule has 0 fully saturated rings. The van der Waals surface area contributed by atoms with Crippen LogP contribution in [0.1, 0.15) is 49.4 Å². The van der Waals surface area contributed by atoms with Crippen molar-refractivity contribution < 1.29 is 4.79 Å². The maximum Gasteiger partial charge on any atom is 0.210 e. The second-order valence-electron chi connectivity index (χ2n) is 6.28. The van der Waals surface area contributed by atoms with E-state index >= 15 is 0 Å². The fourth-order valence-electron chi connectivity index (χ4n) is 2.47. The van der Waals surface area contributed by atoms with Crippen LogP contribution in [0.25, 0.3) is 0 Å². The van der Waals surface area contributed by atoms with E-state index < -0.39 is 0 Å². The molecule has 0 unspecified atom stereocenters. The SMILES string of the molecule is CCn1c(C)cc(C(=O)CSc2nnnn2C(C)(C)C)c1C. The van der Waals surface area contributed by atoms with Gasteiger partial charge in [0.2, 0.25) is 5.16 Å². The number of hydrogen-bond donors (Lipinski definition) is 0. The van der Waals surface area contributed by atoms with Gasteiger partial charge in [0, 0.05) is 23.5 Å². The third-order valence-corrected chi connectivity index (χ3v) is 4.52. The summed E-state index contributed by atoms with van der Waals surface area (Å²) in [5.74, 6) is 0.450. The predicted octanol–water partition coefficient (Wildman–Crippen LogP) is 2.84. The second-order valence-corrected chi connectivity index (χ2v) is 7.23. The Bertz CT molecular complexity index is 681. The van der Waals surface area contributed by atoms with E-state index in [0.29, 0.717) is 10.9 Å². The number of aromatic nitrogens is 5. The van der Waals surface area contributed by atoms with Gasteiger partial charge in [0.1, 0.15) is 0 Å². The highest BCUT2D eigenvalue weighted by Gasteiger charge is 2.22. The van der Waals surface area contributed by atoms with Gasteiger partial charge in [-0.15, -0.1) is 5.10 Å².